The van der Waals surface area contributed by atoms with Gasteiger partial charge >= 0.3 is 0 Å². The van der Waals surface area contributed by atoms with Crippen molar-refractivity contribution in [2.75, 3.05) is 6.61 Å². The van der Waals surface area contributed by atoms with Crippen molar-refractivity contribution in [2.24, 2.45) is 0 Å². The van der Waals surface area contributed by atoms with Gasteiger partial charge in [0, 0.05) is 26.4 Å². The maximum Gasteiger partial charge on any atom is 0.256 e. The number of nitrogens with zero attached hydrogens (tertiary/aromatic N) is 2. The molecule has 0 bridgehead atoms. The number of hydrogen-bond acceptors (Lipinski definition) is 4. The van der Waals surface area contributed by atoms with Gasteiger partial charge in [-0.2, -0.15) is 0 Å². The number of ether oxygens (including phenoxy) is 1. The smallest absolute Gasteiger partial charge is 0.256 e. The number of aryl methyl sites for hydroxylation is 1. The second-order valence-corrected chi connectivity index (χ2v) is 12.6. The second kappa shape index (κ2) is 7.38. The highest BCUT2D eigenvalue weighted by molar-refractivity contribution is 6.76. The highest BCUT2D eigenvalue weighted by Gasteiger charge is 2.13. The Morgan fingerprint density at radius 1 is 1.30 bits per heavy atom. The summed E-state index contributed by atoms with van der Waals surface area (Å²) in [6.07, 6.45) is 2.30. The van der Waals surface area contributed by atoms with Crippen molar-refractivity contribution in [3.05, 3.63) is 39.8 Å². The second-order valence-electron chi connectivity index (χ2n) is 7.01. The van der Waals surface area contributed by atoms with E-state index in [2.05, 4.69) is 24.6 Å². The molecule has 5 nitrogen and oxygen atoms in total. The summed E-state index contributed by atoms with van der Waals surface area (Å²) < 4.78 is 7.39. The molecule has 2 heterocycles. The fourth-order valence-electron chi connectivity index (χ4n) is 2.34. The summed E-state index contributed by atoms with van der Waals surface area (Å²) in [7, 11) is -1.15. The summed E-state index contributed by atoms with van der Waals surface area (Å²) in [5.41, 5.74) is 2.86. The van der Waals surface area contributed by atoms with Crippen molar-refractivity contribution in [1.29, 1.82) is 0 Å². The Bertz CT molecular complexity index is 735. The molecule has 2 rings (SSSR count). The van der Waals surface area contributed by atoms with Crippen LogP contribution in [0, 0.1) is 0 Å². The van der Waals surface area contributed by atoms with E-state index >= 15 is 0 Å². The predicted molar refractivity (Wildman–Crippen MR) is 95.4 cm³/mol. The van der Waals surface area contributed by atoms with Crippen LogP contribution in [0.4, 0.5) is 0 Å². The Hall–Kier alpha value is -1.50. The van der Waals surface area contributed by atoms with Crippen LogP contribution in [0.15, 0.2) is 23.1 Å². The first kappa shape index (κ1) is 17.8. The van der Waals surface area contributed by atoms with Gasteiger partial charge < -0.3 is 9.84 Å². The van der Waals surface area contributed by atoms with Gasteiger partial charge in [-0.3, -0.25) is 14.3 Å². The van der Waals surface area contributed by atoms with Gasteiger partial charge in [-0.15, -0.1) is 0 Å². The van der Waals surface area contributed by atoms with Crippen molar-refractivity contribution in [2.45, 2.75) is 52.4 Å². The molecule has 23 heavy (non-hydrogen) atoms. The van der Waals surface area contributed by atoms with Gasteiger partial charge in [0.05, 0.1) is 17.6 Å². The van der Waals surface area contributed by atoms with Crippen LogP contribution in [-0.4, -0.2) is 29.3 Å². The molecule has 0 atom stereocenters. The number of fused-ring (bicyclic) bond motifs is 1. The Kier molecular flexibility index (Phi) is 5.72. The number of aliphatic hydroxyl groups excluding tert-OH is 1. The third-order valence-corrected chi connectivity index (χ3v) is 5.56. The minimum Gasteiger partial charge on any atom is -0.392 e. The van der Waals surface area contributed by atoms with E-state index in [1.807, 2.05) is 19.1 Å². The van der Waals surface area contributed by atoms with Crippen LogP contribution >= 0.6 is 0 Å². The molecule has 0 radical (unpaired) electrons. The number of hydrogen-bond donors (Lipinski definition) is 1. The summed E-state index contributed by atoms with van der Waals surface area (Å²) in [5, 5.41) is 9.31. The monoisotopic (exact) mass is 334 g/mol. The molecule has 0 aromatic carbocycles. The fourth-order valence-corrected chi connectivity index (χ4v) is 3.10. The van der Waals surface area contributed by atoms with Crippen molar-refractivity contribution in [3.8, 4) is 0 Å². The summed E-state index contributed by atoms with van der Waals surface area (Å²) in [6, 6.07) is 4.70. The lowest BCUT2D eigenvalue weighted by molar-refractivity contribution is 0.0876. The Morgan fingerprint density at radius 3 is 2.65 bits per heavy atom. The van der Waals surface area contributed by atoms with Gasteiger partial charge in [0.15, 0.2) is 0 Å². The highest BCUT2D eigenvalue weighted by Crippen LogP contribution is 2.15. The molecule has 0 aliphatic rings. The highest BCUT2D eigenvalue weighted by atomic mass is 28.3. The molecule has 0 saturated heterocycles. The van der Waals surface area contributed by atoms with Gasteiger partial charge in [-0.25, -0.2) is 0 Å². The quantitative estimate of drug-likeness (QED) is 0.625. The molecular formula is C17H26N2O3Si. The molecule has 0 spiro atoms. The van der Waals surface area contributed by atoms with Crippen LogP contribution in [-0.2, 0) is 24.5 Å². The summed E-state index contributed by atoms with van der Waals surface area (Å²) in [5.74, 6) is 0. The molecule has 0 aliphatic heterocycles. The lowest BCUT2D eigenvalue weighted by Gasteiger charge is -2.17. The van der Waals surface area contributed by atoms with Crippen molar-refractivity contribution in [3.63, 3.8) is 0 Å². The molecule has 1 N–H and O–H groups in total. The predicted octanol–water partition coefficient (Wildman–Crippen LogP) is 2.76. The normalized spacial score (nSPS) is 12.0. The van der Waals surface area contributed by atoms with Crippen LogP contribution < -0.4 is 5.56 Å². The summed E-state index contributed by atoms with van der Waals surface area (Å²) >= 11 is 0. The third kappa shape index (κ3) is 4.50. The Balaban J connectivity index is 2.34. The lowest BCUT2D eigenvalue weighted by Crippen LogP contribution is -2.27. The van der Waals surface area contributed by atoms with E-state index in [9.17, 15) is 9.90 Å². The van der Waals surface area contributed by atoms with Crippen molar-refractivity contribution < 1.29 is 9.84 Å². The van der Waals surface area contributed by atoms with Crippen LogP contribution in [0.5, 0.6) is 0 Å². The number of aliphatic hydroxyl groups is 1. The first-order chi connectivity index (χ1) is 10.9. The van der Waals surface area contributed by atoms with Crippen LogP contribution in [0.1, 0.15) is 18.1 Å². The van der Waals surface area contributed by atoms with Gasteiger partial charge in [0.1, 0.15) is 6.73 Å². The summed E-state index contributed by atoms with van der Waals surface area (Å²) in [4.78, 5) is 17.0. The zero-order valence-corrected chi connectivity index (χ0v) is 15.4. The van der Waals surface area contributed by atoms with E-state index in [0.717, 1.165) is 17.1 Å². The van der Waals surface area contributed by atoms with E-state index in [-0.39, 0.29) is 18.9 Å². The third-order valence-electron chi connectivity index (χ3n) is 3.86. The molecule has 0 unspecified atom stereocenters. The largest absolute Gasteiger partial charge is 0.392 e. The van der Waals surface area contributed by atoms with Crippen molar-refractivity contribution in [1.82, 2.24) is 9.55 Å². The number of aromatic nitrogens is 2. The van der Waals surface area contributed by atoms with E-state index in [0.29, 0.717) is 24.1 Å². The van der Waals surface area contributed by atoms with E-state index in [1.165, 1.54) is 0 Å². The van der Waals surface area contributed by atoms with Gasteiger partial charge in [0.25, 0.3) is 5.56 Å². The average molecular weight is 334 g/mol. The van der Waals surface area contributed by atoms with Crippen LogP contribution in [0.25, 0.3) is 11.0 Å². The first-order valence-electron chi connectivity index (χ1n) is 8.05. The molecule has 0 fully saturated rings. The zero-order chi connectivity index (χ0) is 17.0. The molecule has 0 aliphatic carbocycles. The molecule has 2 aromatic heterocycles. The van der Waals surface area contributed by atoms with Crippen LogP contribution in [0.2, 0.25) is 25.7 Å². The topological polar surface area (TPSA) is 64.3 Å². The van der Waals surface area contributed by atoms with Crippen molar-refractivity contribution >= 4 is 19.1 Å². The maximum absolute atomic E-state index is 12.6. The molecular weight excluding hydrogens is 308 g/mol. The minimum atomic E-state index is -1.15. The van der Waals surface area contributed by atoms with Gasteiger partial charge in [-0.05, 0) is 30.2 Å². The van der Waals surface area contributed by atoms with E-state index < -0.39 is 8.07 Å². The minimum absolute atomic E-state index is 0.0371. The molecule has 6 heteroatoms. The Morgan fingerprint density at radius 2 is 2.04 bits per heavy atom. The van der Waals surface area contributed by atoms with E-state index in [1.54, 1.807) is 10.8 Å². The lowest BCUT2D eigenvalue weighted by atomic mass is 10.1. The average Bonchev–Trinajstić information content (AvgIpc) is 2.51. The number of rotatable bonds is 7. The molecule has 126 valence electrons. The molecule has 0 amide bonds. The van der Waals surface area contributed by atoms with Gasteiger partial charge in [0.2, 0.25) is 0 Å². The Labute approximate surface area is 137 Å². The zero-order valence-electron chi connectivity index (χ0n) is 14.4. The first-order valence-corrected chi connectivity index (χ1v) is 11.8. The van der Waals surface area contributed by atoms with Crippen LogP contribution in [0.3, 0.4) is 0 Å². The maximum atomic E-state index is 12.6. The van der Waals surface area contributed by atoms with Gasteiger partial charge in [-0.1, -0.05) is 26.6 Å². The SMILES string of the molecule is CCc1cc2ncc(CO)cc2n(COCC[Si](C)(C)C)c1=O. The summed E-state index contributed by atoms with van der Waals surface area (Å²) in [6.45, 7) is 9.65. The van der Waals surface area contributed by atoms with E-state index in [4.69, 9.17) is 4.74 Å². The number of pyridine rings is 2. The standard InChI is InChI=1S/C17H26N2O3Si/c1-5-14-9-15-16(8-13(11-20)10-18-15)19(17(14)21)12-22-6-7-23(2,3)4/h8-10,20H,5-7,11-12H2,1-4H3. The fraction of sp³-hybridized carbons (Fsp3) is 0.529. The molecule has 2 aromatic rings. The molecule has 0 saturated carbocycles.